The number of nitrogens with zero attached hydrogens (tertiary/aromatic N) is 2. The summed E-state index contributed by atoms with van der Waals surface area (Å²) >= 11 is 0. The van der Waals surface area contributed by atoms with Crippen LogP contribution in [-0.2, 0) is 11.2 Å². The van der Waals surface area contributed by atoms with Crippen LogP contribution >= 0.6 is 0 Å². The van der Waals surface area contributed by atoms with E-state index in [1.165, 1.54) is 69.4 Å². The highest BCUT2D eigenvalue weighted by molar-refractivity contribution is 5.83. The van der Waals surface area contributed by atoms with Crippen molar-refractivity contribution in [3.63, 3.8) is 0 Å². The molecule has 2 aromatic rings. The molecule has 0 aliphatic rings. The molecule has 0 bridgehead atoms. The number of carbonyl (C=O) groups is 1. The molecule has 1 aromatic carbocycles. The second kappa shape index (κ2) is 15.3. The van der Waals surface area contributed by atoms with Gasteiger partial charge in [-0.05, 0) is 31.2 Å². The lowest BCUT2D eigenvalue weighted by atomic mass is 10.0. The lowest BCUT2D eigenvalue weighted by Crippen LogP contribution is -2.04. The molecule has 31 heavy (non-hydrogen) atoms. The number of allylic oxidation sites excluding steroid dienone is 1. The van der Waals surface area contributed by atoms with Crippen LogP contribution in [0.2, 0.25) is 0 Å². The van der Waals surface area contributed by atoms with Crippen LogP contribution in [0.1, 0.15) is 90.0 Å². The molecule has 0 fully saturated rings. The van der Waals surface area contributed by atoms with Gasteiger partial charge in [-0.15, -0.1) is 0 Å². The molecule has 4 heteroatoms. The zero-order valence-electron chi connectivity index (χ0n) is 19.3. The summed E-state index contributed by atoms with van der Waals surface area (Å²) < 4.78 is 5.28. The topological polar surface area (TPSA) is 52.1 Å². The highest BCUT2D eigenvalue weighted by Crippen LogP contribution is 2.19. The van der Waals surface area contributed by atoms with Crippen molar-refractivity contribution in [3.05, 3.63) is 54.4 Å². The molecule has 0 aliphatic carbocycles. The second-order valence-corrected chi connectivity index (χ2v) is 8.13. The van der Waals surface area contributed by atoms with Crippen molar-refractivity contribution in [1.82, 2.24) is 9.97 Å². The summed E-state index contributed by atoms with van der Waals surface area (Å²) in [5.41, 5.74) is 2.32. The summed E-state index contributed by atoms with van der Waals surface area (Å²) in [5.74, 6) is 0.618. The van der Waals surface area contributed by atoms with E-state index < -0.39 is 0 Å². The van der Waals surface area contributed by atoms with Gasteiger partial charge in [0.05, 0.1) is 12.4 Å². The molecule has 0 spiro atoms. The van der Waals surface area contributed by atoms with Crippen molar-refractivity contribution in [2.45, 2.75) is 90.9 Å². The smallest absolute Gasteiger partial charge is 0.335 e. The molecule has 0 N–H and O–H groups in total. The third-order valence-electron chi connectivity index (χ3n) is 5.36. The molecule has 4 nitrogen and oxygen atoms in total. The number of aromatic nitrogens is 2. The van der Waals surface area contributed by atoms with E-state index in [2.05, 4.69) is 48.1 Å². The Balaban J connectivity index is 1.75. The Morgan fingerprint density at radius 3 is 2.13 bits per heavy atom. The molecule has 168 valence electrons. The van der Waals surface area contributed by atoms with E-state index in [0.29, 0.717) is 11.6 Å². The molecule has 0 amide bonds. The highest BCUT2D eigenvalue weighted by atomic mass is 16.5. The molecule has 1 heterocycles. The van der Waals surface area contributed by atoms with Crippen LogP contribution in [0.15, 0.2) is 48.8 Å². The molecule has 0 unspecified atom stereocenters. The number of benzene rings is 1. The third kappa shape index (κ3) is 10.4. The first kappa shape index (κ1) is 24.8. The van der Waals surface area contributed by atoms with Gasteiger partial charge in [0.15, 0.2) is 11.6 Å². The predicted molar refractivity (Wildman–Crippen MR) is 128 cm³/mol. The molecule has 2 rings (SSSR count). The summed E-state index contributed by atoms with van der Waals surface area (Å²) in [6.45, 7) is 4.44. The standard InChI is InChI=1S/C27H38N2O2/c1-3-5-7-9-11-13-15-23-17-19-24(20-18-23)27-28-21-25(22-29-27)31-26(30)16-14-12-10-8-6-4-2/h14,16-22H,3-13,15H2,1-2H3/b16-14+. The SMILES string of the molecule is CCCCCC/C=C/C(=O)Oc1cnc(-c2ccc(CCCCCCCC)cc2)nc1. The Bertz CT molecular complexity index is 767. The van der Waals surface area contributed by atoms with Crippen LogP contribution in [0.3, 0.4) is 0 Å². The van der Waals surface area contributed by atoms with Crippen molar-refractivity contribution in [3.8, 4) is 17.1 Å². The fraction of sp³-hybridized carbons (Fsp3) is 0.519. The lowest BCUT2D eigenvalue weighted by molar-refractivity contribution is -0.129. The number of aryl methyl sites for hydroxylation is 1. The number of ether oxygens (including phenoxy) is 1. The van der Waals surface area contributed by atoms with Crippen molar-refractivity contribution in [2.75, 3.05) is 0 Å². The highest BCUT2D eigenvalue weighted by Gasteiger charge is 2.05. The molecule has 0 radical (unpaired) electrons. The van der Waals surface area contributed by atoms with Gasteiger partial charge in [0.2, 0.25) is 0 Å². The van der Waals surface area contributed by atoms with Gasteiger partial charge in [-0.2, -0.15) is 0 Å². The molecular weight excluding hydrogens is 384 g/mol. The van der Waals surface area contributed by atoms with Gasteiger partial charge < -0.3 is 4.74 Å². The van der Waals surface area contributed by atoms with Crippen molar-refractivity contribution >= 4 is 5.97 Å². The van der Waals surface area contributed by atoms with E-state index >= 15 is 0 Å². The quantitative estimate of drug-likeness (QED) is 0.170. The van der Waals surface area contributed by atoms with Crippen LogP contribution < -0.4 is 4.74 Å². The van der Waals surface area contributed by atoms with Crippen LogP contribution in [0.5, 0.6) is 5.75 Å². The van der Waals surface area contributed by atoms with Crippen LogP contribution in [0.25, 0.3) is 11.4 Å². The number of rotatable bonds is 15. The van der Waals surface area contributed by atoms with Gasteiger partial charge in [-0.3, -0.25) is 0 Å². The maximum Gasteiger partial charge on any atom is 0.335 e. The van der Waals surface area contributed by atoms with Crippen molar-refractivity contribution < 1.29 is 9.53 Å². The number of carbonyl (C=O) groups excluding carboxylic acids is 1. The third-order valence-corrected chi connectivity index (χ3v) is 5.36. The zero-order valence-corrected chi connectivity index (χ0v) is 19.3. The Labute approximate surface area is 188 Å². The lowest BCUT2D eigenvalue weighted by Gasteiger charge is -2.05. The Morgan fingerprint density at radius 1 is 0.839 bits per heavy atom. The largest absolute Gasteiger partial charge is 0.420 e. The number of hydrogen-bond donors (Lipinski definition) is 0. The summed E-state index contributed by atoms with van der Waals surface area (Å²) in [4.78, 5) is 20.6. The van der Waals surface area contributed by atoms with E-state index in [1.54, 1.807) is 12.4 Å². The zero-order chi connectivity index (χ0) is 22.2. The fourth-order valence-corrected chi connectivity index (χ4v) is 3.47. The van der Waals surface area contributed by atoms with Gasteiger partial charge >= 0.3 is 5.97 Å². The molecular formula is C27H38N2O2. The average molecular weight is 423 g/mol. The van der Waals surface area contributed by atoms with Gasteiger partial charge in [0, 0.05) is 11.6 Å². The first-order valence-corrected chi connectivity index (χ1v) is 12.0. The average Bonchev–Trinajstić information content (AvgIpc) is 2.79. The maximum absolute atomic E-state index is 11.9. The minimum Gasteiger partial charge on any atom is -0.420 e. The van der Waals surface area contributed by atoms with Crippen molar-refractivity contribution in [1.29, 1.82) is 0 Å². The number of esters is 1. The Morgan fingerprint density at radius 2 is 1.45 bits per heavy atom. The van der Waals surface area contributed by atoms with E-state index in [0.717, 1.165) is 24.8 Å². The predicted octanol–water partition coefficient (Wildman–Crippen LogP) is 7.48. The number of unbranched alkanes of at least 4 members (excludes halogenated alkanes) is 9. The summed E-state index contributed by atoms with van der Waals surface area (Å²) in [6.07, 6.45) is 21.1. The second-order valence-electron chi connectivity index (χ2n) is 8.13. The summed E-state index contributed by atoms with van der Waals surface area (Å²) in [6, 6.07) is 8.44. The monoisotopic (exact) mass is 422 g/mol. The Kier molecular flexibility index (Phi) is 12.3. The molecule has 0 atom stereocenters. The van der Waals surface area contributed by atoms with Gasteiger partial charge in [-0.25, -0.2) is 14.8 Å². The van der Waals surface area contributed by atoms with Gasteiger partial charge in [0.1, 0.15) is 0 Å². The summed E-state index contributed by atoms with van der Waals surface area (Å²) in [7, 11) is 0. The molecule has 0 saturated heterocycles. The Hall–Kier alpha value is -2.49. The van der Waals surface area contributed by atoms with E-state index in [9.17, 15) is 4.79 Å². The van der Waals surface area contributed by atoms with Crippen molar-refractivity contribution in [2.24, 2.45) is 0 Å². The maximum atomic E-state index is 11.9. The van der Waals surface area contributed by atoms with E-state index in [-0.39, 0.29) is 5.97 Å². The van der Waals surface area contributed by atoms with E-state index in [4.69, 9.17) is 4.74 Å². The fourth-order valence-electron chi connectivity index (χ4n) is 3.47. The van der Waals surface area contributed by atoms with Gasteiger partial charge in [0.25, 0.3) is 0 Å². The summed E-state index contributed by atoms with van der Waals surface area (Å²) in [5, 5.41) is 0. The minimum absolute atomic E-state index is 0.365. The van der Waals surface area contributed by atoms with Gasteiger partial charge in [-0.1, -0.05) is 95.6 Å². The normalized spacial score (nSPS) is 11.2. The molecule has 0 saturated carbocycles. The van der Waals surface area contributed by atoms with Crippen LogP contribution in [0, 0.1) is 0 Å². The van der Waals surface area contributed by atoms with Crippen LogP contribution in [-0.4, -0.2) is 15.9 Å². The van der Waals surface area contributed by atoms with E-state index in [1.807, 2.05) is 6.08 Å². The molecule has 1 aromatic heterocycles. The minimum atomic E-state index is -0.383. The van der Waals surface area contributed by atoms with Crippen LogP contribution in [0.4, 0.5) is 0 Å². The molecule has 0 aliphatic heterocycles. The first-order valence-electron chi connectivity index (χ1n) is 12.0. The number of hydrogen-bond acceptors (Lipinski definition) is 4. The first-order chi connectivity index (χ1) is 15.2.